The van der Waals surface area contributed by atoms with Crippen molar-refractivity contribution in [1.82, 2.24) is 24.8 Å². The second kappa shape index (κ2) is 8.84. The van der Waals surface area contributed by atoms with Crippen LogP contribution in [0.2, 0.25) is 0 Å². The average molecular weight is 430 g/mol. The molecule has 0 saturated carbocycles. The summed E-state index contributed by atoms with van der Waals surface area (Å²) in [6.07, 6.45) is 0.173. The van der Waals surface area contributed by atoms with Crippen molar-refractivity contribution < 1.29 is 18.0 Å². The van der Waals surface area contributed by atoms with Gasteiger partial charge in [-0.2, -0.15) is 13.2 Å². The number of rotatable bonds is 5. The third-order valence-corrected chi connectivity index (χ3v) is 5.19. The molecular weight excluding hydrogens is 409 g/mol. The van der Waals surface area contributed by atoms with Crippen LogP contribution in [-0.4, -0.2) is 69.9 Å². The van der Waals surface area contributed by atoms with Gasteiger partial charge in [-0.1, -0.05) is 0 Å². The number of halogens is 3. The SMILES string of the molecule is O=C(c1cccnc1)N1CCN(CCNc2nccc3nc(C(F)(F)F)ccc23)CC1. The van der Waals surface area contributed by atoms with Gasteiger partial charge in [0.15, 0.2) is 0 Å². The second-order valence-corrected chi connectivity index (χ2v) is 7.22. The summed E-state index contributed by atoms with van der Waals surface area (Å²) in [5, 5.41) is 3.73. The number of nitrogens with one attached hydrogen (secondary N) is 1. The standard InChI is InChI=1S/C21H21F3N6O/c22-21(23,24)18-4-3-16-17(28-18)5-7-26-19(16)27-8-9-29-10-12-30(13-11-29)20(31)15-2-1-6-25-14-15/h1-7,14H,8-13H2,(H,26,27). The van der Waals surface area contributed by atoms with Crippen molar-refractivity contribution >= 4 is 22.6 Å². The second-order valence-electron chi connectivity index (χ2n) is 7.22. The molecule has 0 atom stereocenters. The first-order valence-electron chi connectivity index (χ1n) is 9.90. The molecular formula is C21H21F3N6O. The molecule has 4 rings (SSSR count). The maximum Gasteiger partial charge on any atom is 0.433 e. The lowest BCUT2D eigenvalue weighted by Gasteiger charge is -2.34. The Kier molecular flexibility index (Phi) is 5.99. The van der Waals surface area contributed by atoms with Gasteiger partial charge in [-0.3, -0.25) is 14.7 Å². The lowest BCUT2D eigenvalue weighted by atomic mass is 10.2. The number of pyridine rings is 3. The number of aromatic nitrogens is 3. The zero-order valence-corrected chi connectivity index (χ0v) is 16.6. The molecule has 3 aromatic heterocycles. The monoisotopic (exact) mass is 430 g/mol. The lowest BCUT2D eigenvalue weighted by molar-refractivity contribution is -0.140. The molecule has 0 unspecified atom stereocenters. The number of carbonyl (C=O) groups is 1. The van der Waals surface area contributed by atoms with Gasteiger partial charge in [0.25, 0.3) is 5.91 Å². The van der Waals surface area contributed by atoms with Gasteiger partial charge in [0.05, 0.1) is 11.1 Å². The molecule has 3 aromatic rings. The van der Waals surface area contributed by atoms with Crippen LogP contribution in [0.25, 0.3) is 10.9 Å². The molecule has 0 bridgehead atoms. The van der Waals surface area contributed by atoms with Crippen LogP contribution in [0.15, 0.2) is 48.9 Å². The van der Waals surface area contributed by atoms with Gasteiger partial charge in [0, 0.05) is 63.2 Å². The molecule has 1 fully saturated rings. The predicted molar refractivity (Wildman–Crippen MR) is 110 cm³/mol. The van der Waals surface area contributed by atoms with E-state index in [1.54, 1.807) is 24.5 Å². The van der Waals surface area contributed by atoms with Crippen molar-refractivity contribution in [1.29, 1.82) is 0 Å². The summed E-state index contributed by atoms with van der Waals surface area (Å²) in [7, 11) is 0. The summed E-state index contributed by atoms with van der Waals surface area (Å²) in [6.45, 7) is 4.04. The van der Waals surface area contributed by atoms with Crippen molar-refractivity contribution in [2.75, 3.05) is 44.6 Å². The van der Waals surface area contributed by atoms with Crippen molar-refractivity contribution in [2.24, 2.45) is 0 Å². The fourth-order valence-corrected chi connectivity index (χ4v) is 3.53. The molecule has 162 valence electrons. The van der Waals surface area contributed by atoms with E-state index in [1.807, 2.05) is 4.90 Å². The van der Waals surface area contributed by atoms with E-state index in [9.17, 15) is 18.0 Å². The fourth-order valence-electron chi connectivity index (χ4n) is 3.53. The van der Waals surface area contributed by atoms with E-state index < -0.39 is 11.9 Å². The van der Waals surface area contributed by atoms with Crippen LogP contribution in [0.5, 0.6) is 0 Å². The quantitative estimate of drug-likeness (QED) is 0.671. The summed E-state index contributed by atoms with van der Waals surface area (Å²) >= 11 is 0. The van der Waals surface area contributed by atoms with E-state index in [2.05, 4.69) is 25.2 Å². The maximum atomic E-state index is 12.9. The van der Waals surface area contributed by atoms with E-state index in [0.29, 0.717) is 36.4 Å². The number of hydrogen-bond donors (Lipinski definition) is 1. The van der Waals surface area contributed by atoms with Gasteiger partial charge in [0.1, 0.15) is 11.5 Å². The molecule has 1 saturated heterocycles. The van der Waals surface area contributed by atoms with Crippen LogP contribution in [0.3, 0.4) is 0 Å². The van der Waals surface area contributed by atoms with Crippen LogP contribution < -0.4 is 5.32 Å². The number of alkyl halides is 3. The van der Waals surface area contributed by atoms with Crippen molar-refractivity contribution in [3.63, 3.8) is 0 Å². The van der Waals surface area contributed by atoms with Crippen molar-refractivity contribution in [3.8, 4) is 0 Å². The number of hydrogen-bond acceptors (Lipinski definition) is 6. The minimum absolute atomic E-state index is 0.0171. The number of piperazine rings is 1. The summed E-state index contributed by atoms with van der Waals surface area (Å²) in [4.78, 5) is 28.5. The first-order valence-corrected chi connectivity index (χ1v) is 9.90. The Labute approximate surface area is 176 Å². The molecule has 0 spiro atoms. The van der Waals surface area contributed by atoms with Crippen LogP contribution in [0, 0.1) is 0 Å². The Hall–Kier alpha value is -3.27. The molecule has 1 aliphatic rings. The predicted octanol–water partition coefficient (Wildman–Crippen LogP) is 2.91. The van der Waals surface area contributed by atoms with Crippen LogP contribution >= 0.6 is 0 Å². The Balaban J connectivity index is 1.30. The first-order chi connectivity index (χ1) is 14.9. The van der Waals surface area contributed by atoms with Gasteiger partial charge in [0.2, 0.25) is 0 Å². The first kappa shape index (κ1) is 21.0. The minimum atomic E-state index is -4.48. The van der Waals surface area contributed by atoms with E-state index in [0.717, 1.165) is 25.7 Å². The van der Waals surface area contributed by atoms with Gasteiger partial charge in [-0.25, -0.2) is 9.97 Å². The molecule has 7 nitrogen and oxygen atoms in total. The smallest absolute Gasteiger partial charge is 0.368 e. The van der Waals surface area contributed by atoms with Crippen molar-refractivity contribution in [2.45, 2.75) is 6.18 Å². The van der Waals surface area contributed by atoms with E-state index in [4.69, 9.17) is 0 Å². The van der Waals surface area contributed by atoms with Gasteiger partial charge >= 0.3 is 6.18 Å². The Morgan fingerprint density at radius 2 is 1.87 bits per heavy atom. The Morgan fingerprint density at radius 3 is 2.58 bits per heavy atom. The Bertz CT molecular complexity index is 1050. The minimum Gasteiger partial charge on any atom is -0.368 e. The third-order valence-electron chi connectivity index (χ3n) is 5.19. The zero-order chi connectivity index (χ0) is 21.8. The molecule has 10 heteroatoms. The zero-order valence-electron chi connectivity index (χ0n) is 16.6. The summed E-state index contributed by atoms with van der Waals surface area (Å²) in [6, 6.07) is 7.33. The number of carbonyl (C=O) groups excluding carboxylic acids is 1. The molecule has 1 aliphatic heterocycles. The highest BCUT2D eigenvalue weighted by Gasteiger charge is 2.32. The molecule has 31 heavy (non-hydrogen) atoms. The van der Waals surface area contributed by atoms with Crippen LogP contribution in [-0.2, 0) is 6.18 Å². The fraction of sp³-hybridized carbons (Fsp3) is 0.333. The highest BCUT2D eigenvalue weighted by Crippen LogP contribution is 2.30. The van der Waals surface area contributed by atoms with Gasteiger partial charge in [-0.05, 0) is 30.3 Å². The van der Waals surface area contributed by atoms with Crippen LogP contribution in [0.1, 0.15) is 16.1 Å². The summed E-state index contributed by atoms with van der Waals surface area (Å²) < 4.78 is 38.6. The molecule has 0 aromatic carbocycles. The van der Waals surface area contributed by atoms with Gasteiger partial charge < -0.3 is 10.2 Å². The lowest BCUT2D eigenvalue weighted by Crippen LogP contribution is -2.49. The molecule has 0 aliphatic carbocycles. The van der Waals surface area contributed by atoms with Crippen molar-refractivity contribution in [3.05, 3.63) is 60.2 Å². The normalized spacial score (nSPS) is 15.3. The van der Waals surface area contributed by atoms with E-state index in [1.165, 1.54) is 18.3 Å². The van der Waals surface area contributed by atoms with Crippen LogP contribution in [0.4, 0.5) is 19.0 Å². The average Bonchev–Trinajstić information content (AvgIpc) is 2.79. The molecule has 1 amide bonds. The van der Waals surface area contributed by atoms with E-state index >= 15 is 0 Å². The third kappa shape index (κ3) is 4.91. The summed E-state index contributed by atoms with van der Waals surface area (Å²) in [5.74, 6) is 0.487. The topological polar surface area (TPSA) is 74.2 Å². The molecule has 0 radical (unpaired) electrons. The number of anilines is 1. The highest BCUT2D eigenvalue weighted by molar-refractivity contribution is 5.94. The summed E-state index contributed by atoms with van der Waals surface area (Å²) in [5.41, 5.74) is -0.0901. The maximum absolute atomic E-state index is 12.9. The largest absolute Gasteiger partial charge is 0.433 e. The number of nitrogens with zero attached hydrogens (tertiary/aromatic N) is 5. The van der Waals surface area contributed by atoms with Gasteiger partial charge in [-0.15, -0.1) is 0 Å². The molecule has 1 N–H and O–H groups in total. The molecule has 4 heterocycles. The highest BCUT2D eigenvalue weighted by atomic mass is 19.4. The van der Waals surface area contributed by atoms with E-state index in [-0.39, 0.29) is 11.4 Å². The Morgan fingerprint density at radius 1 is 1.06 bits per heavy atom. The number of fused-ring (bicyclic) bond motifs is 1. The number of amides is 1.